The van der Waals surface area contributed by atoms with Crippen molar-refractivity contribution in [3.63, 3.8) is 0 Å². The van der Waals surface area contributed by atoms with Crippen molar-refractivity contribution < 1.29 is 9.21 Å². The predicted molar refractivity (Wildman–Crippen MR) is 75.8 cm³/mol. The van der Waals surface area contributed by atoms with E-state index in [1.165, 1.54) is 0 Å². The van der Waals surface area contributed by atoms with Crippen molar-refractivity contribution in [2.45, 2.75) is 6.54 Å². The van der Waals surface area contributed by atoms with E-state index in [1.807, 2.05) is 19.0 Å². The van der Waals surface area contributed by atoms with E-state index in [2.05, 4.69) is 20.6 Å². The molecule has 0 aliphatic carbocycles. The first-order valence-corrected chi connectivity index (χ1v) is 6.15. The van der Waals surface area contributed by atoms with Crippen LogP contribution in [0.5, 0.6) is 0 Å². The molecule has 0 atom stereocenters. The largest absolute Gasteiger partial charge is 0.454 e. The molecule has 0 aliphatic rings. The summed E-state index contributed by atoms with van der Waals surface area (Å²) in [6.07, 6.45) is 3.25. The summed E-state index contributed by atoms with van der Waals surface area (Å²) in [7, 11) is 5.35. The average molecular weight is 275 g/mol. The van der Waals surface area contributed by atoms with Crippen LogP contribution in [0, 0.1) is 0 Å². The first-order valence-electron chi connectivity index (χ1n) is 6.15. The van der Waals surface area contributed by atoms with Crippen molar-refractivity contribution in [1.29, 1.82) is 0 Å². The zero-order chi connectivity index (χ0) is 14.5. The molecular formula is C13H17N5O2. The number of carbonyl (C=O) groups excluding carboxylic acids is 1. The molecule has 20 heavy (non-hydrogen) atoms. The molecule has 2 rings (SSSR count). The van der Waals surface area contributed by atoms with Crippen molar-refractivity contribution in [2.24, 2.45) is 0 Å². The van der Waals surface area contributed by atoms with E-state index in [9.17, 15) is 4.79 Å². The lowest BCUT2D eigenvalue weighted by Gasteiger charge is -2.15. The van der Waals surface area contributed by atoms with Crippen LogP contribution >= 0.6 is 0 Å². The van der Waals surface area contributed by atoms with Crippen molar-refractivity contribution in [3.8, 4) is 0 Å². The molecule has 0 spiro atoms. The summed E-state index contributed by atoms with van der Waals surface area (Å²) >= 11 is 0. The number of hydrogen-bond donors (Lipinski definition) is 2. The van der Waals surface area contributed by atoms with Crippen molar-refractivity contribution in [2.75, 3.05) is 31.4 Å². The SMILES string of the molecule is CNC(=O)c1ccc(CNc2nccnc2N(C)C)o1. The second-order valence-corrected chi connectivity index (χ2v) is 4.32. The Morgan fingerprint density at radius 2 is 2.05 bits per heavy atom. The maximum absolute atomic E-state index is 11.4. The van der Waals surface area contributed by atoms with E-state index in [1.54, 1.807) is 31.6 Å². The lowest BCUT2D eigenvalue weighted by atomic mass is 10.4. The lowest BCUT2D eigenvalue weighted by molar-refractivity contribution is 0.0934. The Balaban J connectivity index is 2.06. The zero-order valence-electron chi connectivity index (χ0n) is 11.7. The van der Waals surface area contributed by atoms with Crippen LogP contribution in [0.15, 0.2) is 28.9 Å². The van der Waals surface area contributed by atoms with Crippen LogP contribution in [-0.2, 0) is 6.54 Å². The second-order valence-electron chi connectivity index (χ2n) is 4.32. The summed E-state index contributed by atoms with van der Waals surface area (Å²) in [6, 6.07) is 3.39. The fourth-order valence-electron chi connectivity index (χ4n) is 1.67. The molecule has 2 aromatic heterocycles. The number of rotatable bonds is 5. The number of furan rings is 1. The number of hydrogen-bond acceptors (Lipinski definition) is 6. The molecule has 0 unspecified atom stereocenters. The Morgan fingerprint density at radius 1 is 1.30 bits per heavy atom. The standard InChI is InChI=1S/C13H17N5O2/c1-14-13(19)10-5-4-9(20-10)8-17-11-12(18(2)3)16-7-6-15-11/h4-7H,8H2,1-3H3,(H,14,19)(H,15,17). The molecule has 0 fully saturated rings. The lowest BCUT2D eigenvalue weighted by Crippen LogP contribution is -2.16. The molecule has 7 nitrogen and oxygen atoms in total. The third kappa shape index (κ3) is 3.05. The third-order valence-corrected chi connectivity index (χ3v) is 2.65. The summed E-state index contributed by atoms with van der Waals surface area (Å²) in [6.45, 7) is 0.427. The Morgan fingerprint density at radius 3 is 2.75 bits per heavy atom. The smallest absolute Gasteiger partial charge is 0.286 e. The van der Waals surface area contributed by atoms with E-state index in [0.29, 0.717) is 18.1 Å². The monoisotopic (exact) mass is 275 g/mol. The fraction of sp³-hybridized carbons (Fsp3) is 0.308. The van der Waals surface area contributed by atoms with Crippen molar-refractivity contribution in [3.05, 3.63) is 36.0 Å². The number of nitrogens with one attached hydrogen (secondary N) is 2. The maximum Gasteiger partial charge on any atom is 0.286 e. The zero-order valence-corrected chi connectivity index (χ0v) is 11.7. The van der Waals surface area contributed by atoms with Crippen LogP contribution in [0.4, 0.5) is 11.6 Å². The molecule has 0 bridgehead atoms. The van der Waals surface area contributed by atoms with E-state index >= 15 is 0 Å². The molecule has 106 valence electrons. The third-order valence-electron chi connectivity index (χ3n) is 2.65. The minimum atomic E-state index is -0.246. The number of aromatic nitrogens is 2. The Kier molecular flexibility index (Phi) is 4.19. The Hall–Kier alpha value is -2.57. The van der Waals surface area contributed by atoms with Crippen LogP contribution in [0.2, 0.25) is 0 Å². The van der Waals surface area contributed by atoms with Gasteiger partial charge in [0.1, 0.15) is 5.76 Å². The van der Waals surface area contributed by atoms with Gasteiger partial charge in [0.05, 0.1) is 6.54 Å². The Labute approximate surface area is 117 Å². The van der Waals surface area contributed by atoms with Gasteiger partial charge in [-0.25, -0.2) is 9.97 Å². The van der Waals surface area contributed by atoms with Gasteiger partial charge in [0, 0.05) is 33.5 Å². The van der Waals surface area contributed by atoms with Crippen molar-refractivity contribution >= 4 is 17.5 Å². The maximum atomic E-state index is 11.4. The van der Waals surface area contributed by atoms with E-state index in [-0.39, 0.29) is 11.7 Å². The number of amides is 1. The van der Waals surface area contributed by atoms with E-state index in [0.717, 1.165) is 5.82 Å². The molecule has 0 saturated carbocycles. The normalized spacial score (nSPS) is 10.2. The van der Waals surface area contributed by atoms with Gasteiger partial charge in [0.15, 0.2) is 17.4 Å². The molecule has 0 radical (unpaired) electrons. The molecule has 7 heteroatoms. The summed E-state index contributed by atoms with van der Waals surface area (Å²) in [5.74, 6) is 2.10. The minimum Gasteiger partial charge on any atom is -0.454 e. The second kappa shape index (κ2) is 6.05. The van der Waals surface area contributed by atoms with Crippen LogP contribution in [-0.4, -0.2) is 37.0 Å². The fourth-order valence-corrected chi connectivity index (χ4v) is 1.67. The van der Waals surface area contributed by atoms with Gasteiger partial charge in [0.25, 0.3) is 5.91 Å². The van der Waals surface area contributed by atoms with Gasteiger partial charge in [-0.3, -0.25) is 4.79 Å². The Bertz CT molecular complexity index is 594. The molecule has 0 saturated heterocycles. The molecule has 0 aromatic carbocycles. The van der Waals surface area contributed by atoms with Crippen LogP contribution in [0.3, 0.4) is 0 Å². The number of anilines is 2. The highest BCUT2D eigenvalue weighted by Gasteiger charge is 2.10. The van der Waals surface area contributed by atoms with Gasteiger partial charge >= 0.3 is 0 Å². The van der Waals surface area contributed by atoms with Crippen molar-refractivity contribution in [1.82, 2.24) is 15.3 Å². The van der Waals surface area contributed by atoms with E-state index < -0.39 is 0 Å². The number of nitrogens with zero attached hydrogens (tertiary/aromatic N) is 3. The van der Waals surface area contributed by atoms with E-state index in [4.69, 9.17) is 4.42 Å². The average Bonchev–Trinajstić information content (AvgIpc) is 2.93. The minimum absolute atomic E-state index is 0.246. The van der Waals surface area contributed by atoms with Crippen LogP contribution < -0.4 is 15.5 Å². The summed E-state index contributed by atoms with van der Waals surface area (Å²) in [5, 5.41) is 5.65. The molecule has 2 heterocycles. The summed E-state index contributed by atoms with van der Waals surface area (Å²) < 4.78 is 5.42. The number of carbonyl (C=O) groups is 1. The first-order chi connectivity index (χ1) is 9.61. The van der Waals surface area contributed by atoms with Crippen LogP contribution in [0.1, 0.15) is 16.3 Å². The highest BCUT2D eigenvalue weighted by atomic mass is 16.4. The summed E-state index contributed by atoms with van der Waals surface area (Å²) in [5.41, 5.74) is 0. The van der Waals surface area contributed by atoms with Gasteiger partial charge in [0.2, 0.25) is 0 Å². The van der Waals surface area contributed by atoms with Gasteiger partial charge in [-0.15, -0.1) is 0 Å². The molecule has 2 aromatic rings. The topological polar surface area (TPSA) is 83.3 Å². The molecule has 2 N–H and O–H groups in total. The molecule has 0 aliphatic heterocycles. The summed E-state index contributed by atoms with van der Waals surface area (Å²) in [4.78, 5) is 21.7. The predicted octanol–water partition coefficient (Wildman–Crippen LogP) is 1.11. The quantitative estimate of drug-likeness (QED) is 0.850. The van der Waals surface area contributed by atoms with Gasteiger partial charge in [-0.2, -0.15) is 0 Å². The van der Waals surface area contributed by atoms with Crippen LogP contribution in [0.25, 0.3) is 0 Å². The van der Waals surface area contributed by atoms with Gasteiger partial charge in [-0.1, -0.05) is 0 Å². The molecular weight excluding hydrogens is 258 g/mol. The molecule has 1 amide bonds. The van der Waals surface area contributed by atoms with Gasteiger partial charge in [-0.05, 0) is 12.1 Å². The highest BCUT2D eigenvalue weighted by molar-refractivity contribution is 5.91. The highest BCUT2D eigenvalue weighted by Crippen LogP contribution is 2.18. The first kappa shape index (κ1) is 13.9. The van der Waals surface area contributed by atoms with Gasteiger partial charge < -0.3 is 20.0 Å².